The summed E-state index contributed by atoms with van der Waals surface area (Å²) in [6.07, 6.45) is 0.760. The van der Waals surface area contributed by atoms with Gasteiger partial charge >= 0.3 is 5.97 Å². The molecule has 0 amide bonds. The molecular weight excluding hydrogens is 234 g/mol. The molecule has 0 radical (unpaired) electrons. The minimum Gasteiger partial charge on any atom is -0.493 e. The minimum absolute atomic E-state index is 0.183. The van der Waals surface area contributed by atoms with Crippen molar-refractivity contribution in [3.8, 4) is 11.5 Å². The summed E-state index contributed by atoms with van der Waals surface area (Å²) < 4.78 is 10.3. The zero-order valence-corrected chi connectivity index (χ0v) is 10.5. The number of anilines is 1. The fraction of sp³-hybridized carbons (Fsp3) is 0.462. The van der Waals surface area contributed by atoms with Crippen LogP contribution in [0.25, 0.3) is 0 Å². The molecule has 0 saturated heterocycles. The Morgan fingerprint density at radius 3 is 2.67 bits per heavy atom. The van der Waals surface area contributed by atoms with E-state index in [2.05, 4.69) is 5.32 Å². The zero-order valence-electron chi connectivity index (χ0n) is 10.5. The minimum atomic E-state index is -0.700. The van der Waals surface area contributed by atoms with Gasteiger partial charge in [0.2, 0.25) is 0 Å². The molecule has 1 aromatic carbocycles. The number of carboxylic acid groups (broad SMARTS) is 1. The van der Waals surface area contributed by atoms with Gasteiger partial charge in [0.25, 0.3) is 0 Å². The fourth-order valence-electron chi connectivity index (χ4n) is 1.97. The van der Waals surface area contributed by atoms with Gasteiger partial charge in [0.1, 0.15) is 0 Å². The first-order valence-electron chi connectivity index (χ1n) is 5.84. The Labute approximate surface area is 106 Å². The van der Waals surface area contributed by atoms with Crippen LogP contribution in [0.4, 0.5) is 5.69 Å². The summed E-state index contributed by atoms with van der Waals surface area (Å²) in [6.45, 7) is 0.673. The average molecular weight is 251 g/mol. The van der Waals surface area contributed by atoms with Crippen molar-refractivity contribution in [3.05, 3.63) is 18.2 Å². The molecule has 1 saturated carbocycles. The lowest BCUT2D eigenvalue weighted by atomic mass is 10.2. The summed E-state index contributed by atoms with van der Waals surface area (Å²) in [5.74, 6) is 0.688. The number of carboxylic acids is 1. The van der Waals surface area contributed by atoms with Crippen LogP contribution in [0.2, 0.25) is 0 Å². The molecule has 2 unspecified atom stereocenters. The third kappa shape index (κ3) is 2.67. The van der Waals surface area contributed by atoms with Gasteiger partial charge in [-0.1, -0.05) is 0 Å². The Morgan fingerprint density at radius 1 is 1.39 bits per heavy atom. The lowest BCUT2D eigenvalue weighted by molar-refractivity contribution is -0.138. The Kier molecular flexibility index (Phi) is 3.60. The largest absolute Gasteiger partial charge is 0.493 e. The molecule has 5 nitrogen and oxygen atoms in total. The summed E-state index contributed by atoms with van der Waals surface area (Å²) in [5, 5.41) is 12.0. The Morgan fingerprint density at radius 2 is 2.11 bits per heavy atom. The maximum Gasteiger partial charge on any atom is 0.306 e. The SMILES string of the molecule is COc1ccc(NCC2CC2C(=O)O)cc1OC. The van der Waals surface area contributed by atoms with Crippen molar-refractivity contribution in [1.82, 2.24) is 0 Å². The predicted molar refractivity (Wildman–Crippen MR) is 67.3 cm³/mol. The first-order valence-corrected chi connectivity index (χ1v) is 5.84. The van der Waals surface area contributed by atoms with Gasteiger partial charge in [0, 0.05) is 18.3 Å². The van der Waals surface area contributed by atoms with Gasteiger partial charge in [-0.15, -0.1) is 0 Å². The number of hydrogen-bond donors (Lipinski definition) is 2. The van der Waals surface area contributed by atoms with Crippen molar-refractivity contribution < 1.29 is 19.4 Å². The van der Waals surface area contributed by atoms with E-state index in [-0.39, 0.29) is 11.8 Å². The van der Waals surface area contributed by atoms with E-state index in [0.29, 0.717) is 18.0 Å². The number of rotatable bonds is 6. The monoisotopic (exact) mass is 251 g/mol. The fourth-order valence-corrected chi connectivity index (χ4v) is 1.97. The molecule has 1 aliphatic carbocycles. The molecule has 2 atom stereocenters. The van der Waals surface area contributed by atoms with E-state index in [9.17, 15) is 4.79 Å². The van der Waals surface area contributed by atoms with Gasteiger partial charge in [-0.25, -0.2) is 0 Å². The van der Waals surface area contributed by atoms with E-state index in [4.69, 9.17) is 14.6 Å². The van der Waals surface area contributed by atoms with Crippen molar-refractivity contribution in [3.63, 3.8) is 0 Å². The third-order valence-electron chi connectivity index (χ3n) is 3.19. The lowest BCUT2D eigenvalue weighted by Gasteiger charge is -2.11. The molecule has 0 spiro atoms. The van der Waals surface area contributed by atoms with E-state index in [0.717, 1.165) is 12.1 Å². The van der Waals surface area contributed by atoms with Crippen LogP contribution in [0.15, 0.2) is 18.2 Å². The van der Waals surface area contributed by atoms with Crippen LogP contribution in [0, 0.1) is 11.8 Å². The summed E-state index contributed by atoms with van der Waals surface area (Å²) in [5.41, 5.74) is 0.906. The van der Waals surface area contributed by atoms with E-state index in [1.165, 1.54) is 0 Å². The number of hydrogen-bond acceptors (Lipinski definition) is 4. The molecule has 0 heterocycles. The molecule has 0 aromatic heterocycles. The van der Waals surface area contributed by atoms with Gasteiger partial charge in [-0.05, 0) is 24.5 Å². The van der Waals surface area contributed by atoms with Crippen LogP contribution in [-0.4, -0.2) is 31.8 Å². The molecule has 1 aromatic rings. The number of aliphatic carboxylic acids is 1. The number of ether oxygens (including phenoxy) is 2. The molecule has 1 aliphatic rings. The third-order valence-corrected chi connectivity index (χ3v) is 3.19. The zero-order chi connectivity index (χ0) is 13.1. The van der Waals surface area contributed by atoms with Crippen molar-refractivity contribution in [2.75, 3.05) is 26.1 Å². The van der Waals surface area contributed by atoms with Gasteiger partial charge in [-0.2, -0.15) is 0 Å². The van der Waals surface area contributed by atoms with Gasteiger partial charge in [-0.3, -0.25) is 4.79 Å². The lowest BCUT2D eigenvalue weighted by Crippen LogP contribution is -2.08. The smallest absolute Gasteiger partial charge is 0.306 e. The van der Waals surface area contributed by atoms with Crippen LogP contribution in [0.5, 0.6) is 11.5 Å². The van der Waals surface area contributed by atoms with Crippen molar-refractivity contribution in [1.29, 1.82) is 0 Å². The quantitative estimate of drug-likeness (QED) is 0.807. The number of benzene rings is 1. The van der Waals surface area contributed by atoms with Crippen LogP contribution in [0.3, 0.4) is 0 Å². The number of nitrogens with one attached hydrogen (secondary N) is 1. The second-order valence-corrected chi connectivity index (χ2v) is 4.39. The molecular formula is C13H17NO4. The molecule has 98 valence electrons. The maximum absolute atomic E-state index is 10.7. The highest BCUT2D eigenvalue weighted by atomic mass is 16.5. The molecule has 0 bridgehead atoms. The molecule has 0 aliphatic heterocycles. The molecule has 5 heteroatoms. The molecule has 1 fully saturated rings. The van der Waals surface area contributed by atoms with Crippen LogP contribution < -0.4 is 14.8 Å². The van der Waals surface area contributed by atoms with Crippen molar-refractivity contribution in [2.24, 2.45) is 11.8 Å². The highest BCUT2D eigenvalue weighted by Crippen LogP contribution is 2.39. The standard InChI is InChI=1S/C13H17NO4/c1-17-11-4-3-9(6-12(11)18-2)14-7-8-5-10(8)13(15)16/h3-4,6,8,10,14H,5,7H2,1-2H3,(H,15,16). The predicted octanol–water partition coefficient (Wildman–Crippen LogP) is 1.84. The highest BCUT2D eigenvalue weighted by molar-refractivity contribution is 5.73. The van der Waals surface area contributed by atoms with Crippen LogP contribution >= 0.6 is 0 Å². The molecule has 18 heavy (non-hydrogen) atoms. The Hall–Kier alpha value is -1.91. The Balaban J connectivity index is 1.92. The summed E-state index contributed by atoms with van der Waals surface area (Å²) >= 11 is 0. The molecule has 2 rings (SSSR count). The topological polar surface area (TPSA) is 67.8 Å². The second kappa shape index (κ2) is 5.16. The van der Waals surface area contributed by atoms with Gasteiger partial charge in [0.05, 0.1) is 20.1 Å². The van der Waals surface area contributed by atoms with Crippen LogP contribution in [0.1, 0.15) is 6.42 Å². The van der Waals surface area contributed by atoms with Crippen molar-refractivity contribution in [2.45, 2.75) is 6.42 Å². The summed E-state index contributed by atoms with van der Waals surface area (Å²) in [6, 6.07) is 5.55. The van der Waals surface area contributed by atoms with E-state index >= 15 is 0 Å². The number of methoxy groups -OCH3 is 2. The first-order chi connectivity index (χ1) is 8.65. The van der Waals surface area contributed by atoms with Crippen molar-refractivity contribution >= 4 is 11.7 Å². The molecule has 2 N–H and O–H groups in total. The Bertz CT molecular complexity index is 447. The van der Waals surface area contributed by atoms with E-state index in [1.807, 2.05) is 18.2 Å². The van der Waals surface area contributed by atoms with E-state index in [1.54, 1.807) is 14.2 Å². The average Bonchev–Trinajstić information content (AvgIpc) is 3.15. The van der Waals surface area contributed by atoms with Gasteiger partial charge in [0.15, 0.2) is 11.5 Å². The number of carbonyl (C=O) groups is 1. The maximum atomic E-state index is 10.7. The first kappa shape index (κ1) is 12.5. The summed E-state index contributed by atoms with van der Waals surface area (Å²) in [7, 11) is 3.18. The summed E-state index contributed by atoms with van der Waals surface area (Å²) in [4.78, 5) is 10.7. The normalized spacial score (nSPS) is 21.2. The van der Waals surface area contributed by atoms with E-state index < -0.39 is 5.97 Å². The highest BCUT2D eigenvalue weighted by Gasteiger charge is 2.42. The second-order valence-electron chi connectivity index (χ2n) is 4.39. The van der Waals surface area contributed by atoms with Crippen LogP contribution in [-0.2, 0) is 4.79 Å². The van der Waals surface area contributed by atoms with Gasteiger partial charge < -0.3 is 19.9 Å².